The zero-order valence-corrected chi connectivity index (χ0v) is 8.01. The van der Waals surface area contributed by atoms with E-state index in [1.165, 1.54) is 0 Å². The summed E-state index contributed by atoms with van der Waals surface area (Å²) in [5, 5.41) is 0. The van der Waals surface area contributed by atoms with Crippen LogP contribution in [-0.4, -0.2) is 49.3 Å². The average molecular weight is 366 g/mol. The molecule has 0 atom stereocenters. The Labute approximate surface area is 109 Å². The van der Waals surface area contributed by atoms with Gasteiger partial charge in [-0.1, -0.05) is 0 Å². The SMILES string of the molecule is [Co+2].[Ni+2].[Ni+2].[OH-].[OH-].[OH-].[OH-].[OH-].[OH-].[OH-].[OH-].[OH-].[PH6+3]. The topological polar surface area (TPSA) is 270 Å². The van der Waals surface area contributed by atoms with E-state index in [4.69, 9.17) is 0 Å². The van der Waals surface area contributed by atoms with Gasteiger partial charge in [-0.2, -0.15) is 0 Å². The Kier molecular flexibility index (Phi) is 73800. The molecule has 0 heterocycles. The van der Waals surface area contributed by atoms with Crippen molar-refractivity contribution in [2.24, 2.45) is 0 Å². The molecule has 9 nitrogen and oxygen atoms in total. The summed E-state index contributed by atoms with van der Waals surface area (Å²) in [4.78, 5) is 0. The molecule has 1 radical (unpaired) electrons. The average Bonchev–Trinajstić information content (AvgIpc) is 0. The molecule has 0 aromatic carbocycles. The molecule has 0 amide bonds. The van der Waals surface area contributed by atoms with Crippen molar-refractivity contribution in [2.75, 3.05) is 0 Å². The van der Waals surface area contributed by atoms with Gasteiger partial charge in [0.25, 0.3) is 0 Å². The molecule has 0 saturated carbocycles. The van der Waals surface area contributed by atoms with E-state index < -0.39 is 0 Å². The molecule has 0 aliphatic rings. The summed E-state index contributed by atoms with van der Waals surface area (Å²) in [6, 6.07) is 0. The molecule has 0 aliphatic carbocycles. The Morgan fingerprint density at radius 1 is 0.308 bits per heavy atom. The van der Waals surface area contributed by atoms with Gasteiger partial charge in [0.15, 0.2) is 0 Å². The van der Waals surface area contributed by atoms with E-state index in [2.05, 4.69) is 0 Å². The van der Waals surface area contributed by atoms with Crippen molar-refractivity contribution in [2.45, 2.75) is 0 Å². The van der Waals surface area contributed by atoms with Gasteiger partial charge in [0.1, 0.15) is 0 Å². The van der Waals surface area contributed by atoms with Gasteiger partial charge in [0.05, 0.1) is 0 Å². The zero-order valence-electron chi connectivity index (χ0n) is 4.99. The standard InChI is InChI=1S/Co.2Ni.9H2O.H6P/h;;;9*1H2;1H6/q3*+2;;;;;;;;;;+3/p-9. The van der Waals surface area contributed by atoms with Crippen molar-refractivity contribution in [3.8, 4) is 0 Å². The third kappa shape index (κ3) is 742. The molecule has 13 heavy (non-hydrogen) atoms. The largest absolute Gasteiger partial charge is 2.00 e. The Balaban J connectivity index is 0. The maximum atomic E-state index is 0. The number of hydrogen-bond acceptors (Lipinski definition) is 9. The summed E-state index contributed by atoms with van der Waals surface area (Å²) in [6.07, 6.45) is 0. The van der Waals surface area contributed by atoms with Crippen LogP contribution in [0.15, 0.2) is 0 Å². The minimum atomic E-state index is 0. The first-order chi connectivity index (χ1) is 0. The Hall–Kier alpha value is 1.56. The summed E-state index contributed by atoms with van der Waals surface area (Å²) >= 11 is 0. The molecular weight excluding hydrogens is 351 g/mol. The molecule has 0 bridgehead atoms. The quantitative estimate of drug-likeness (QED) is 0.327. The van der Waals surface area contributed by atoms with Gasteiger partial charge in [-0.05, 0) is 0 Å². The summed E-state index contributed by atoms with van der Waals surface area (Å²) in [7, 11) is 0. The second-order valence-corrected chi connectivity index (χ2v) is 0. The van der Waals surface area contributed by atoms with Crippen molar-refractivity contribution in [3.63, 3.8) is 0 Å². The van der Waals surface area contributed by atoms with Crippen molar-refractivity contribution < 1.29 is 99.0 Å². The van der Waals surface area contributed by atoms with Gasteiger partial charge in [0.2, 0.25) is 0 Å². The molecule has 0 fully saturated rings. The second-order valence-electron chi connectivity index (χ2n) is 0. The van der Waals surface area contributed by atoms with Crippen LogP contribution >= 0.6 is 9.90 Å². The van der Waals surface area contributed by atoms with Gasteiger partial charge in [-0.3, -0.25) is 9.90 Å². The van der Waals surface area contributed by atoms with E-state index in [0.717, 1.165) is 0 Å². The van der Waals surface area contributed by atoms with Crippen LogP contribution in [-0.2, 0) is 49.8 Å². The van der Waals surface area contributed by atoms with E-state index in [9.17, 15) is 0 Å². The van der Waals surface area contributed by atoms with Crippen LogP contribution in [0, 0.1) is 0 Å². The maximum Gasteiger partial charge on any atom is 2.00 e. The van der Waals surface area contributed by atoms with Gasteiger partial charge < -0.3 is 49.3 Å². The molecule has 9 N–H and O–H groups in total. The van der Waals surface area contributed by atoms with E-state index in [1.807, 2.05) is 0 Å². The third-order valence-corrected chi connectivity index (χ3v) is 0. The van der Waals surface area contributed by atoms with Crippen LogP contribution in [0.4, 0.5) is 0 Å². The summed E-state index contributed by atoms with van der Waals surface area (Å²) in [6.45, 7) is 0. The molecule has 0 aromatic heterocycles. The minimum absolute atomic E-state index is 0. The summed E-state index contributed by atoms with van der Waals surface area (Å²) in [5.41, 5.74) is 0. The number of hydrogen-bond donors (Lipinski definition) is 0. The molecular formula is H15CoNi2O9P. The van der Waals surface area contributed by atoms with Gasteiger partial charge >= 0.3 is 49.8 Å². The predicted molar refractivity (Wildman–Crippen MR) is 32.7 cm³/mol. The van der Waals surface area contributed by atoms with Crippen LogP contribution in [0.5, 0.6) is 0 Å². The molecule has 13 heteroatoms. The summed E-state index contributed by atoms with van der Waals surface area (Å²) in [5.74, 6) is 0. The fraction of sp³-hybridized carbons (Fsp3) is 0. The third-order valence-electron chi connectivity index (χ3n) is 0. The minimum Gasteiger partial charge on any atom is -0.870 e. The van der Waals surface area contributed by atoms with E-state index in [-0.39, 0.29) is 109 Å². The van der Waals surface area contributed by atoms with Crippen LogP contribution in [0.3, 0.4) is 0 Å². The van der Waals surface area contributed by atoms with Crippen LogP contribution in [0.2, 0.25) is 0 Å². The van der Waals surface area contributed by atoms with E-state index in [0.29, 0.717) is 0 Å². The van der Waals surface area contributed by atoms with Crippen molar-refractivity contribution in [3.05, 3.63) is 0 Å². The molecule has 103 valence electrons. The van der Waals surface area contributed by atoms with Crippen molar-refractivity contribution in [1.29, 1.82) is 0 Å². The van der Waals surface area contributed by atoms with Crippen molar-refractivity contribution in [1.82, 2.24) is 0 Å². The number of rotatable bonds is 0. The first-order valence-corrected chi connectivity index (χ1v) is 0. The molecule has 0 aromatic rings. The molecule has 0 unspecified atom stereocenters. The fourth-order valence-corrected chi connectivity index (χ4v) is 0. The maximum absolute atomic E-state index is 0. The predicted octanol–water partition coefficient (Wildman–Crippen LogP) is -2.34. The normalized spacial score (nSPS) is 0. The van der Waals surface area contributed by atoms with E-state index >= 15 is 0 Å². The van der Waals surface area contributed by atoms with E-state index in [1.54, 1.807) is 0 Å². The van der Waals surface area contributed by atoms with Gasteiger partial charge in [-0.15, -0.1) is 0 Å². The second kappa shape index (κ2) is 876. The first-order valence-electron chi connectivity index (χ1n) is 0. The molecule has 0 aliphatic heterocycles. The molecule has 0 rings (SSSR count). The smallest absolute Gasteiger partial charge is 0.870 e. The Morgan fingerprint density at radius 3 is 0.308 bits per heavy atom. The fourth-order valence-electron chi connectivity index (χ4n) is 0. The van der Waals surface area contributed by atoms with Crippen LogP contribution in [0.1, 0.15) is 0 Å². The van der Waals surface area contributed by atoms with Gasteiger partial charge in [0, 0.05) is 0 Å². The van der Waals surface area contributed by atoms with Crippen LogP contribution < -0.4 is 0 Å². The zero-order chi connectivity index (χ0) is 0. The van der Waals surface area contributed by atoms with Gasteiger partial charge in [-0.25, -0.2) is 0 Å². The molecule has 0 saturated heterocycles. The Bertz CT molecular complexity index is 17.6. The molecule has 0 spiro atoms. The van der Waals surface area contributed by atoms with Crippen molar-refractivity contribution >= 4 is 9.90 Å². The summed E-state index contributed by atoms with van der Waals surface area (Å²) < 4.78 is 0. The Morgan fingerprint density at radius 2 is 0.308 bits per heavy atom. The first kappa shape index (κ1) is 1100. The monoisotopic (exact) mass is 365 g/mol. The van der Waals surface area contributed by atoms with Crippen LogP contribution in [0.25, 0.3) is 0 Å².